The molecule has 9 nitrogen and oxygen atoms in total. The minimum Gasteiger partial charge on any atom is -0.493 e. The van der Waals surface area contributed by atoms with Crippen molar-refractivity contribution in [3.8, 4) is 11.5 Å². The Morgan fingerprint density at radius 1 is 1.24 bits per heavy atom. The lowest BCUT2D eigenvalue weighted by molar-refractivity contribution is -0.384. The van der Waals surface area contributed by atoms with Crippen LogP contribution in [0.15, 0.2) is 54.6 Å². The van der Waals surface area contributed by atoms with Gasteiger partial charge < -0.3 is 9.47 Å². The Balaban J connectivity index is 1.93. The molecule has 2 aromatic carbocycles. The van der Waals surface area contributed by atoms with E-state index in [1.165, 1.54) is 37.3 Å². The Bertz CT molecular complexity index is 1170. The summed E-state index contributed by atoms with van der Waals surface area (Å²) in [5.41, 5.74) is 1.96. The quantitative estimate of drug-likeness (QED) is 0.159. The second kappa shape index (κ2) is 10.0. The molecule has 2 aromatic rings. The maximum absolute atomic E-state index is 12.5. The van der Waals surface area contributed by atoms with E-state index >= 15 is 0 Å². The molecule has 0 saturated carbocycles. The number of rotatable bonds is 8. The molecule has 1 saturated heterocycles. The minimum absolute atomic E-state index is 0.00577. The van der Waals surface area contributed by atoms with Crippen molar-refractivity contribution in [3.05, 3.63) is 81.4 Å². The molecule has 1 aliphatic rings. The van der Waals surface area contributed by atoms with Crippen LogP contribution in [0.5, 0.6) is 11.5 Å². The van der Waals surface area contributed by atoms with E-state index in [2.05, 4.69) is 11.9 Å². The maximum atomic E-state index is 12.5. The summed E-state index contributed by atoms with van der Waals surface area (Å²) in [6.45, 7) is 3.92. The Morgan fingerprint density at radius 3 is 2.55 bits per heavy atom. The third kappa shape index (κ3) is 5.24. The number of nitro benzene ring substituents is 1. The van der Waals surface area contributed by atoms with Crippen LogP contribution < -0.4 is 14.8 Å². The molecule has 0 bridgehead atoms. The van der Waals surface area contributed by atoms with Crippen LogP contribution in [0, 0.1) is 10.1 Å². The van der Waals surface area contributed by atoms with Gasteiger partial charge in [0, 0.05) is 24.7 Å². The summed E-state index contributed by atoms with van der Waals surface area (Å²) < 4.78 is 11.5. The minimum atomic E-state index is -0.578. The standard InChI is InChI=1S/C23H21N3O6S/c1-4-5-16-10-15(11-18-21(27)24-23(33)25(2)22(18)28)12-19(31-3)20(16)32-13-14-6-8-17(9-7-14)26(29)30/h4,6-12H,1,5,13H2,2-3H3,(H,24,27,33)/b18-11+. The van der Waals surface area contributed by atoms with E-state index in [9.17, 15) is 19.7 Å². The molecule has 1 heterocycles. The lowest BCUT2D eigenvalue weighted by Crippen LogP contribution is -2.52. The summed E-state index contributed by atoms with van der Waals surface area (Å²) in [5.74, 6) is -0.219. The molecule has 170 valence electrons. The molecule has 0 aliphatic carbocycles. The lowest BCUT2D eigenvalue weighted by atomic mass is 10.0. The van der Waals surface area contributed by atoms with Gasteiger partial charge in [-0.05, 0) is 60.1 Å². The third-order valence-corrected chi connectivity index (χ3v) is 5.26. The van der Waals surface area contributed by atoms with Gasteiger partial charge >= 0.3 is 0 Å². The summed E-state index contributed by atoms with van der Waals surface area (Å²) in [4.78, 5) is 36.3. The van der Waals surface area contributed by atoms with Crippen LogP contribution in [0.25, 0.3) is 6.08 Å². The number of carbonyl (C=O) groups is 2. The van der Waals surface area contributed by atoms with Crippen molar-refractivity contribution in [1.82, 2.24) is 10.2 Å². The molecule has 1 aliphatic heterocycles. The number of thiocarbonyl (C=S) groups is 1. The van der Waals surface area contributed by atoms with Crippen LogP contribution in [0.3, 0.4) is 0 Å². The van der Waals surface area contributed by atoms with Gasteiger partial charge in [-0.1, -0.05) is 6.08 Å². The van der Waals surface area contributed by atoms with Crippen molar-refractivity contribution in [1.29, 1.82) is 0 Å². The number of likely N-dealkylation sites (N-methyl/N-ethyl adjacent to an activating group) is 1. The van der Waals surface area contributed by atoms with Crippen LogP contribution in [-0.2, 0) is 22.6 Å². The number of hydrogen-bond donors (Lipinski definition) is 1. The molecule has 0 radical (unpaired) electrons. The van der Waals surface area contributed by atoms with Crippen LogP contribution >= 0.6 is 12.2 Å². The molecule has 3 rings (SSSR count). The fourth-order valence-corrected chi connectivity index (χ4v) is 3.35. The zero-order valence-electron chi connectivity index (χ0n) is 18.0. The molecule has 1 fully saturated rings. The molecule has 10 heteroatoms. The monoisotopic (exact) mass is 467 g/mol. The maximum Gasteiger partial charge on any atom is 0.269 e. The number of ether oxygens (including phenoxy) is 2. The van der Waals surface area contributed by atoms with Crippen LogP contribution in [0.4, 0.5) is 5.69 Å². The molecule has 0 aromatic heterocycles. The first kappa shape index (κ1) is 23.6. The SMILES string of the molecule is C=CCc1cc(/C=C2\C(=O)NC(=S)N(C)C2=O)cc(OC)c1OCc1ccc([N+](=O)[O-])cc1. The Morgan fingerprint density at radius 2 is 1.94 bits per heavy atom. The molecule has 0 unspecified atom stereocenters. The van der Waals surface area contributed by atoms with Crippen molar-refractivity contribution in [3.63, 3.8) is 0 Å². The highest BCUT2D eigenvalue weighted by Gasteiger charge is 2.31. The van der Waals surface area contributed by atoms with Gasteiger partial charge in [-0.15, -0.1) is 6.58 Å². The van der Waals surface area contributed by atoms with E-state index in [0.29, 0.717) is 23.5 Å². The van der Waals surface area contributed by atoms with E-state index < -0.39 is 16.7 Å². The predicted molar refractivity (Wildman–Crippen MR) is 126 cm³/mol. The van der Waals surface area contributed by atoms with Crippen LogP contribution in [-0.4, -0.2) is 40.9 Å². The molecule has 0 spiro atoms. The second-order valence-corrected chi connectivity index (χ2v) is 7.48. The van der Waals surface area contributed by atoms with E-state index in [4.69, 9.17) is 21.7 Å². The highest BCUT2D eigenvalue weighted by Crippen LogP contribution is 2.35. The van der Waals surface area contributed by atoms with Gasteiger partial charge in [0.15, 0.2) is 16.6 Å². The molecule has 1 N–H and O–H groups in total. The number of hydrogen-bond acceptors (Lipinski definition) is 7. The van der Waals surface area contributed by atoms with Crippen molar-refractivity contribution >= 4 is 40.9 Å². The van der Waals surface area contributed by atoms with Gasteiger partial charge in [-0.2, -0.15) is 0 Å². The fraction of sp³-hybridized carbons (Fsp3) is 0.174. The van der Waals surface area contributed by atoms with Gasteiger partial charge in [0.05, 0.1) is 12.0 Å². The number of carbonyl (C=O) groups excluding carboxylic acids is 2. The summed E-state index contributed by atoms with van der Waals surface area (Å²) in [7, 11) is 2.96. The zero-order valence-corrected chi connectivity index (χ0v) is 18.8. The van der Waals surface area contributed by atoms with Crippen molar-refractivity contribution in [2.75, 3.05) is 14.2 Å². The van der Waals surface area contributed by atoms with Crippen LogP contribution in [0.2, 0.25) is 0 Å². The number of non-ortho nitro benzene ring substituents is 1. The van der Waals surface area contributed by atoms with Gasteiger partial charge in [-0.25, -0.2) is 0 Å². The average Bonchev–Trinajstić information content (AvgIpc) is 2.79. The molecule has 0 atom stereocenters. The Hall–Kier alpha value is -4.05. The molecular formula is C23H21N3O6S. The van der Waals surface area contributed by atoms with Gasteiger partial charge in [0.1, 0.15) is 12.2 Å². The van der Waals surface area contributed by atoms with E-state index in [0.717, 1.165) is 11.1 Å². The fourth-order valence-electron chi connectivity index (χ4n) is 3.17. The largest absolute Gasteiger partial charge is 0.493 e. The molecule has 33 heavy (non-hydrogen) atoms. The van der Waals surface area contributed by atoms with Crippen LogP contribution in [0.1, 0.15) is 16.7 Å². The first-order valence-corrected chi connectivity index (χ1v) is 10.2. The number of amides is 2. The van der Waals surface area contributed by atoms with E-state index in [1.54, 1.807) is 30.3 Å². The highest BCUT2D eigenvalue weighted by atomic mass is 32.1. The predicted octanol–water partition coefficient (Wildman–Crippen LogP) is 3.17. The molecular weight excluding hydrogens is 446 g/mol. The first-order valence-electron chi connectivity index (χ1n) is 9.78. The van der Waals surface area contributed by atoms with E-state index in [1.807, 2.05) is 0 Å². The van der Waals surface area contributed by atoms with Crippen molar-refractivity contribution in [2.24, 2.45) is 0 Å². The summed E-state index contributed by atoms with van der Waals surface area (Å²) >= 11 is 4.97. The lowest BCUT2D eigenvalue weighted by Gasteiger charge is -2.25. The van der Waals surface area contributed by atoms with Gasteiger partial charge in [0.25, 0.3) is 17.5 Å². The van der Waals surface area contributed by atoms with Gasteiger partial charge in [0.2, 0.25) is 0 Å². The Kier molecular flexibility index (Phi) is 7.19. The van der Waals surface area contributed by atoms with Gasteiger partial charge in [-0.3, -0.25) is 29.9 Å². The summed E-state index contributed by atoms with van der Waals surface area (Å²) in [6, 6.07) is 9.47. The number of nitro groups is 1. The number of benzene rings is 2. The number of methoxy groups -OCH3 is 1. The topological polar surface area (TPSA) is 111 Å². The average molecular weight is 468 g/mol. The summed E-state index contributed by atoms with van der Waals surface area (Å²) in [5, 5.41) is 13.3. The van der Waals surface area contributed by atoms with Crippen molar-refractivity contribution < 1.29 is 24.0 Å². The number of nitrogens with zero attached hydrogens (tertiary/aromatic N) is 2. The Labute approximate surface area is 195 Å². The smallest absolute Gasteiger partial charge is 0.269 e. The third-order valence-electron chi connectivity index (χ3n) is 4.88. The molecule has 2 amide bonds. The normalized spacial score (nSPS) is 14.8. The first-order chi connectivity index (χ1) is 15.7. The number of nitrogens with one attached hydrogen (secondary N) is 1. The summed E-state index contributed by atoms with van der Waals surface area (Å²) in [6.07, 6.45) is 3.59. The zero-order chi connectivity index (χ0) is 24.1. The number of allylic oxidation sites excluding steroid dienone is 1. The highest BCUT2D eigenvalue weighted by molar-refractivity contribution is 7.80. The van der Waals surface area contributed by atoms with E-state index in [-0.39, 0.29) is 23.0 Å². The van der Waals surface area contributed by atoms with Crippen molar-refractivity contribution in [2.45, 2.75) is 13.0 Å². The second-order valence-electron chi connectivity index (χ2n) is 7.10.